The van der Waals surface area contributed by atoms with Crippen LogP contribution in [0.3, 0.4) is 0 Å². The summed E-state index contributed by atoms with van der Waals surface area (Å²) in [6.07, 6.45) is 0. The van der Waals surface area contributed by atoms with Gasteiger partial charge in [-0.3, -0.25) is 9.63 Å². The quantitative estimate of drug-likeness (QED) is 0.535. The molecule has 0 radical (unpaired) electrons. The molecule has 0 heterocycles. The Morgan fingerprint density at radius 2 is 2.06 bits per heavy atom. The Hall–Kier alpha value is -1.43. The number of carbonyl (C=O) groups is 1. The maximum atomic E-state index is 11.0. The maximum Gasteiger partial charge on any atom is 0.327 e. The summed E-state index contributed by atoms with van der Waals surface area (Å²) in [7, 11) is 1.55. The molecule has 88 valence electrons. The molecule has 1 aromatic carbocycles. The second-order valence-electron chi connectivity index (χ2n) is 3.14. The van der Waals surface area contributed by atoms with Crippen LogP contribution in [0, 0.1) is 0 Å². The third kappa shape index (κ3) is 3.98. The molecule has 1 rings (SSSR count). The van der Waals surface area contributed by atoms with Crippen LogP contribution in [0.4, 0.5) is 0 Å². The molecule has 0 spiro atoms. The molecule has 16 heavy (non-hydrogen) atoms. The zero-order chi connectivity index (χ0) is 11.8. The predicted molar refractivity (Wildman–Crippen MR) is 57.8 cm³/mol. The molecule has 0 aliphatic rings. The third-order valence-electron chi connectivity index (χ3n) is 1.97. The Morgan fingerprint density at radius 3 is 2.62 bits per heavy atom. The van der Waals surface area contributed by atoms with Gasteiger partial charge in [-0.2, -0.15) is 5.48 Å². The second-order valence-corrected chi connectivity index (χ2v) is 3.14. The molecule has 2 N–H and O–H groups in total. The number of hydrogen-bond acceptors (Lipinski definition) is 4. The van der Waals surface area contributed by atoms with Crippen LogP contribution in [0.2, 0.25) is 0 Å². The van der Waals surface area contributed by atoms with Gasteiger partial charge in [0.1, 0.15) is 0 Å². The van der Waals surface area contributed by atoms with Crippen molar-refractivity contribution in [3.8, 4) is 0 Å². The minimum Gasteiger partial charge on any atom is -0.480 e. The number of rotatable bonds is 7. The molecule has 0 saturated carbocycles. The second kappa shape index (κ2) is 6.95. The molecule has 1 aromatic rings. The van der Waals surface area contributed by atoms with Gasteiger partial charge < -0.3 is 9.84 Å². The molecule has 5 nitrogen and oxygen atoms in total. The van der Waals surface area contributed by atoms with Crippen LogP contribution in [-0.2, 0) is 14.4 Å². The van der Waals surface area contributed by atoms with Crippen molar-refractivity contribution in [2.75, 3.05) is 20.3 Å². The van der Waals surface area contributed by atoms with Crippen LogP contribution in [0.1, 0.15) is 11.6 Å². The summed E-state index contributed by atoms with van der Waals surface area (Å²) in [5.41, 5.74) is 3.14. The lowest BCUT2D eigenvalue weighted by Crippen LogP contribution is -2.29. The first-order valence-corrected chi connectivity index (χ1v) is 4.89. The van der Waals surface area contributed by atoms with Gasteiger partial charge in [0.25, 0.3) is 0 Å². The average Bonchev–Trinajstić information content (AvgIpc) is 2.30. The summed E-state index contributed by atoms with van der Waals surface area (Å²) in [6, 6.07) is 7.98. The maximum absolute atomic E-state index is 11.0. The molecule has 5 heteroatoms. The van der Waals surface area contributed by atoms with E-state index >= 15 is 0 Å². The van der Waals surface area contributed by atoms with Crippen molar-refractivity contribution in [2.45, 2.75) is 6.04 Å². The molecule has 1 unspecified atom stereocenters. The monoisotopic (exact) mass is 225 g/mol. The summed E-state index contributed by atoms with van der Waals surface area (Å²) in [5, 5.41) is 9.01. The third-order valence-corrected chi connectivity index (χ3v) is 1.97. The van der Waals surface area contributed by atoms with Crippen molar-refractivity contribution in [1.29, 1.82) is 0 Å². The largest absolute Gasteiger partial charge is 0.480 e. The summed E-state index contributed by atoms with van der Waals surface area (Å²) in [4.78, 5) is 16.0. The van der Waals surface area contributed by atoms with Gasteiger partial charge in [-0.1, -0.05) is 30.3 Å². The normalized spacial score (nSPS) is 12.3. The Labute approximate surface area is 93.9 Å². The Bertz CT molecular complexity index is 315. The van der Waals surface area contributed by atoms with Gasteiger partial charge >= 0.3 is 5.97 Å². The Morgan fingerprint density at radius 1 is 1.38 bits per heavy atom. The SMILES string of the molecule is COCCONC(C(=O)O)c1ccccc1. The Balaban J connectivity index is 2.52. The summed E-state index contributed by atoms with van der Waals surface area (Å²) < 4.78 is 4.78. The molecule has 1 atom stereocenters. The molecule has 0 aliphatic carbocycles. The van der Waals surface area contributed by atoms with Crippen LogP contribution < -0.4 is 5.48 Å². The van der Waals surface area contributed by atoms with Gasteiger partial charge in [0, 0.05) is 7.11 Å². The van der Waals surface area contributed by atoms with E-state index in [1.165, 1.54) is 0 Å². The van der Waals surface area contributed by atoms with Gasteiger partial charge in [0.2, 0.25) is 0 Å². The number of benzene rings is 1. The van der Waals surface area contributed by atoms with E-state index in [4.69, 9.17) is 14.7 Å². The highest BCUT2D eigenvalue weighted by atomic mass is 16.7. The van der Waals surface area contributed by atoms with Crippen molar-refractivity contribution < 1.29 is 19.5 Å². The molecule has 0 aliphatic heterocycles. The number of carboxylic acid groups (broad SMARTS) is 1. The fourth-order valence-corrected chi connectivity index (χ4v) is 1.17. The van der Waals surface area contributed by atoms with E-state index in [1.54, 1.807) is 31.4 Å². The number of ether oxygens (including phenoxy) is 1. The van der Waals surface area contributed by atoms with Gasteiger partial charge in [-0.15, -0.1) is 0 Å². The van der Waals surface area contributed by atoms with Crippen molar-refractivity contribution in [3.05, 3.63) is 35.9 Å². The smallest absolute Gasteiger partial charge is 0.327 e. The predicted octanol–water partition coefficient (Wildman–Crippen LogP) is 0.980. The number of aliphatic carboxylic acids is 1. The first kappa shape index (κ1) is 12.6. The van der Waals surface area contributed by atoms with E-state index in [0.717, 1.165) is 0 Å². The lowest BCUT2D eigenvalue weighted by atomic mass is 10.1. The number of carboxylic acids is 1. The molecular weight excluding hydrogens is 210 g/mol. The number of nitrogens with one attached hydrogen (secondary N) is 1. The van der Waals surface area contributed by atoms with E-state index in [-0.39, 0.29) is 0 Å². The van der Waals surface area contributed by atoms with Crippen LogP contribution in [0.5, 0.6) is 0 Å². The van der Waals surface area contributed by atoms with Crippen molar-refractivity contribution in [1.82, 2.24) is 5.48 Å². The Kier molecular flexibility index (Phi) is 5.49. The number of methoxy groups -OCH3 is 1. The molecule has 0 saturated heterocycles. The van der Waals surface area contributed by atoms with Crippen LogP contribution in [0.15, 0.2) is 30.3 Å². The standard InChI is InChI=1S/C11H15NO4/c1-15-7-8-16-12-10(11(13)14)9-5-3-2-4-6-9/h2-6,10,12H,7-8H2,1H3,(H,13,14). The van der Waals surface area contributed by atoms with Crippen molar-refractivity contribution in [2.24, 2.45) is 0 Å². The first-order valence-electron chi connectivity index (χ1n) is 4.89. The van der Waals surface area contributed by atoms with Crippen molar-refractivity contribution in [3.63, 3.8) is 0 Å². The highest BCUT2D eigenvalue weighted by Crippen LogP contribution is 2.12. The lowest BCUT2D eigenvalue weighted by Gasteiger charge is -2.14. The highest BCUT2D eigenvalue weighted by Gasteiger charge is 2.18. The fraction of sp³-hybridized carbons (Fsp3) is 0.364. The van der Waals surface area contributed by atoms with Gasteiger partial charge in [0.15, 0.2) is 6.04 Å². The highest BCUT2D eigenvalue weighted by molar-refractivity contribution is 5.75. The van der Waals surface area contributed by atoms with Gasteiger partial charge in [0.05, 0.1) is 13.2 Å². The molecule has 0 bridgehead atoms. The summed E-state index contributed by atoms with van der Waals surface area (Å²) in [6.45, 7) is 0.710. The summed E-state index contributed by atoms with van der Waals surface area (Å²) in [5.74, 6) is -0.983. The average molecular weight is 225 g/mol. The van der Waals surface area contributed by atoms with Crippen LogP contribution in [-0.4, -0.2) is 31.4 Å². The topological polar surface area (TPSA) is 67.8 Å². The minimum atomic E-state index is -0.983. The van der Waals surface area contributed by atoms with Gasteiger partial charge in [-0.25, -0.2) is 0 Å². The van der Waals surface area contributed by atoms with E-state index in [2.05, 4.69) is 5.48 Å². The molecule has 0 fully saturated rings. The fourth-order valence-electron chi connectivity index (χ4n) is 1.17. The molecule has 0 aromatic heterocycles. The van der Waals surface area contributed by atoms with E-state index in [0.29, 0.717) is 18.8 Å². The van der Waals surface area contributed by atoms with Crippen LogP contribution in [0.25, 0.3) is 0 Å². The number of hydroxylamine groups is 1. The van der Waals surface area contributed by atoms with E-state index < -0.39 is 12.0 Å². The van der Waals surface area contributed by atoms with E-state index in [1.807, 2.05) is 6.07 Å². The summed E-state index contributed by atoms with van der Waals surface area (Å²) >= 11 is 0. The van der Waals surface area contributed by atoms with E-state index in [9.17, 15) is 4.79 Å². The zero-order valence-electron chi connectivity index (χ0n) is 9.05. The van der Waals surface area contributed by atoms with Gasteiger partial charge in [-0.05, 0) is 5.56 Å². The lowest BCUT2D eigenvalue weighted by molar-refractivity contribution is -0.144. The number of hydrogen-bond donors (Lipinski definition) is 2. The zero-order valence-corrected chi connectivity index (χ0v) is 9.05. The van der Waals surface area contributed by atoms with Crippen LogP contribution >= 0.6 is 0 Å². The van der Waals surface area contributed by atoms with Crippen molar-refractivity contribution >= 4 is 5.97 Å². The first-order chi connectivity index (χ1) is 7.75. The molecular formula is C11H15NO4. The minimum absolute atomic E-state index is 0.299. The molecule has 0 amide bonds.